The van der Waals surface area contributed by atoms with Crippen LogP contribution >= 0.6 is 11.8 Å². The maximum absolute atomic E-state index is 13.1. The number of hydrogen-bond donors (Lipinski definition) is 0. The van der Waals surface area contributed by atoms with Crippen molar-refractivity contribution in [2.45, 2.75) is 19.1 Å². The number of nitrogens with zero attached hydrogens (tertiary/aromatic N) is 2. The zero-order valence-electron chi connectivity index (χ0n) is 15.8. The number of benzene rings is 2. The molecule has 1 heterocycles. The molecule has 5 nitrogen and oxygen atoms in total. The van der Waals surface area contributed by atoms with Crippen molar-refractivity contribution in [2.75, 3.05) is 19.1 Å². The minimum Gasteiger partial charge on any atom is -0.497 e. The number of amides is 1. The molecule has 6 heteroatoms. The first-order chi connectivity index (χ1) is 13.0. The molecule has 0 atom stereocenters. The molecule has 2 aromatic carbocycles. The lowest BCUT2D eigenvalue weighted by molar-refractivity contribution is -0.113. The quantitative estimate of drug-likeness (QED) is 0.710. The van der Waals surface area contributed by atoms with Gasteiger partial charge in [-0.25, -0.2) is 4.99 Å². The van der Waals surface area contributed by atoms with Gasteiger partial charge < -0.3 is 9.47 Å². The minimum absolute atomic E-state index is 0.151. The van der Waals surface area contributed by atoms with Gasteiger partial charge in [-0.2, -0.15) is 0 Å². The molecule has 1 aliphatic heterocycles. The minimum atomic E-state index is -0.151. The zero-order valence-corrected chi connectivity index (χ0v) is 16.6. The summed E-state index contributed by atoms with van der Waals surface area (Å²) in [6.45, 7) is 4.15. The zero-order chi connectivity index (χ0) is 19.4. The lowest BCUT2D eigenvalue weighted by Gasteiger charge is -2.19. The van der Waals surface area contributed by atoms with E-state index in [0.29, 0.717) is 21.9 Å². The number of aliphatic imine (C=N–C) groups is 1. The number of ether oxygens (including phenoxy) is 2. The summed E-state index contributed by atoms with van der Waals surface area (Å²) in [5.74, 6) is 1.32. The average molecular weight is 382 g/mol. The van der Waals surface area contributed by atoms with E-state index >= 15 is 0 Å². The van der Waals surface area contributed by atoms with Crippen LogP contribution < -0.4 is 14.4 Å². The van der Waals surface area contributed by atoms with E-state index in [1.54, 1.807) is 37.0 Å². The van der Waals surface area contributed by atoms with Gasteiger partial charge in [0.25, 0.3) is 5.91 Å². The number of methoxy groups -OCH3 is 2. The second-order valence-corrected chi connectivity index (χ2v) is 7.75. The molecule has 3 rings (SSSR count). The Kier molecular flexibility index (Phi) is 5.86. The highest BCUT2D eigenvalue weighted by molar-refractivity contribution is 8.14. The van der Waals surface area contributed by atoms with Gasteiger partial charge in [-0.15, -0.1) is 0 Å². The summed E-state index contributed by atoms with van der Waals surface area (Å²) >= 11 is 1.56. The molecular formula is C21H22N2O3S. The second kappa shape index (κ2) is 8.31. The van der Waals surface area contributed by atoms with Crippen molar-refractivity contribution in [1.82, 2.24) is 0 Å². The van der Waals surface area contributed by atoms with Gasteiger partial charge in [-0.1, -0.05) is 43.8 Å². The molecule has 0 fully saturated rings. The van der Waals surface area contributed by atoms with Crippen molar-refractivity contribution in [3.05, 3.63) is 59.8 Å². The molecule has 27 heavy (non-hydrogen) atoms. The number of thioether (sulfide) groups is 1. The van der Waals surface area contributed by atoms with Gasteiger partial charge in [0.05, 0.1) is 19.9 Å². The predicted octanol–water partition coefficient (Wildman–Crippen LogP) is 4.59. The second-order valence-electron chi connectivity index (χ2n) is 6.21. The van der Waals surface area contributed by atoms with Crippen LogP contribution in [0.2, 0.25) is 0 Å². The van der Waals surface area contributed by atoms with Gasteiger partial charge in [0, 0.05) is 11.3 Å². The van der Waals surface area contributed by atoms with E-state index in [-0.39, 0.29) is 5.91 Å². The molecule has 0 spiro atoms. The van der Waals surface area contributed by atoms with Gasteiger partial charge in [0.2, 0.25) is 0 Å². The maximum atomic E-state index is 13.1. The SMILES string of the molecule is COc1ccc(/C=C2\N=C(SC(C)C)N(c3cccc(OC)c3)C2=O)cc1. The summed E-state index contributed by atoms with van der Waals surface area (Å²) in [4.78, 5) is 19.3. The summed E-state index contributed by atoms with van der Waals surface area (Å²) in [7, 11) is 3.23. The van der Waals surface area contributed by atoms with E-state index in [1.807, 2.05) is 48.5 Å². The third-order valence-corrected chi connectivity index (χ3v) is 4.86. The maximum Gasteiger partial charge on any atom is 0.283 e. The Hall–Kier alpha value is -2.73. The number of amidine groups is 1. The molecule has 0 unspecified atom stereocenters. The van der Waals surface area contributed by atoms with Crippen LogP contribution in [0.25, 0.3) is 6.08 Å². The monoisotopic (exact) mass is 382 g/mol. The number of hydrogen-bond acceptors (Lipinski definition) is 5. The van der Waals surface area contributed by atoms with Crippen LogP contribution in [0.3, 0.4) is 0 Å². The third kappa shape index (κ3) is 4.34. The number of carbonyl (C=O) groups is 1. The van der Waals surface area contributed by atoms with E-state index in [2.05, 4.69) is 18.8 Å². The first-order valence-corrected chi connectivity index (χ1v) is 9.49. The largest absolute Gasteiger partial charge is 0.497 e. The summed E-state index contributed by atoms with van der Waals surface area (Å²) in [5, 5.41) is 0.966. The number of anilines is 1. The van der Waals surface area contributed by atoms with E-state index in [0.717, 1.165) is 17.0 Å². The highest BCUT2D eigenvalue weighted by atomic mass is 32.2. The molecule has 0 bridgehead atoms. The highest BCUT2D eigenvalue weighted by Crippen LogP contribution is 2.32. The Balaban J connectivity index is 1.97. The lowest BCUT2D eigenvalue weighted by atomic mass is 10.2. The number of rotatable bonds is 5. The van der Waals surface area contributed by atoms with Crippen molar-refractivity contribution in [2.24, 2.45) is 4.99 Å². The predicted molar refractivity (Wildman–Crippen MR) is 112 cm³/mol. The first kappa shape index (κ1) is 19.0. The fraction of sp³-hybridized carbons (Fsp3) is 0.238. The van der Waals surface area contributed by atoms with Crippen LogP contribution in [0.15, 0.2) is 59.2 Å². The van der Waals surface area contributed by atoms with Crippen molar-refractivity contribution >= 4 is 34.6 Å². The van der Waals surface area contributed by atoms with Crippen LogP contribution in [-0.4, -0.2) is 30.5 Å². The van der Waals surface area contributed by atoms with E-state index in [4.69, 9.17) is 9.47 Å². The summed E-state index contributed by atoms with van der Waals surface area (Å²) in [6.07, 6.45) is 1.79. The van der Waals surface area contributed by atoms with Gasteiger partial charge in [0.1, 0.15) is 17.2 Å². The van der Waals surface area contributed by atoms with Gasteiger partial charge in [-0.3, -0.25) is 9.69 Å². The standard InChI is InChI=1S/C21H22N2O3S/c1-14(2)27-21-22-19(12-15-8-10-17(25-3)11-9-15)20(24)23(21)16-6-5-7-18(13-16)26-4/h5-14H,1-4H3/b19-12-. The van der Waals surface area contributed by atoms with Crippen LogP contribution in [0, 0.1) is 0 Å². The Morgan fingerprint density at radius 3 is 2.37 bits per heavy atom. The molecular weight excluding hydrogens is 360 g/mol. The Bertz CT molecular complexity index is 889. The van der Waals surface area contributed by atoms with Crippen molar-refractivity contribution in [3.63, 3.8) is 0 Å². The summed E-state index contributed by atoms with van der Waals surface area (Å²) in [6, 6.07) is 15.0. The van der Waals surface area contributed by atoms with E-state index in [1.165, 1.54) is 0 Å². The molecule has 0 saturated carbocycles. The Labute approximate surface area is 163 Å². The highest BCUT2D eigenvalue weighted by Gasteiger charge is 2.32. The fourth-order valence-corrected chi connectivity index (χ4v) is 3.49. The molecule has 140 valence electrons. The molecule has 1 amide bonds. The van der Waals surface area contributed by atoms with Gasteiger partial charge >= 0.3 is 0 Å². The molecule has 0 saturated heterocycles. The van der Waals surface area contributed by atoms with Crippen molar-refractivity contribution < 1.29 is 14.3 Å². The Morgan fingerprint density at radius 1 is 1.04 bits per heavy atom. The normalized spacial score (nSPS) is 15.4. The first-order valence-electron chi connectivity index (χ1n) is 8.61. The molecule has 0 aromatic heterocycles. The van der Waals surface area contributed by atoms with Crippen LogP contribution in [0.4, 0.5) is 5.69 Å². The summed E-state index contributed by atoms with van der Waals surface area (Å²) in [5.41, 5.74) is 2.04. The molecule has 2 aromatic rings. The molecule has 1 aliphatic rings. The van der Waals surface area contributed by atoms with E-state index in [9.17, 15) is 4.79 Å². The average Bonchev–Trinajstić information content (AvgIpc) is 2.96. The molecule has 0 aliphatic carbocycles. The van der Waals surface area contributed by atoms with Crippen LogP contribution in [0.1, 0.15) is 19.4 Å². The third-order valence-electron chi connectivity index (χ3n) is 3.90. The molecule has 0 radical (unpaired) electrons. The van der Waals surface area contributed by atoms with E-state index < -0.39 is 0 Å². The smallest absolute Gasteiger partial charge is 0.283 e. The van der Waals surface area contributed by atoms with Gasteiger partial charge in [0.15, 0.2) is 5.17 Å². The fourth-order valence-electron chi connectivity index (χ4n) is 2.62. The van der Waals surface area contributed by atoms with Crippen molar-refractivity contribution in [3.8, 4) is 11.5 Å². The number of carbonyl (C=O) groups excluding carboxylic acids is 1. The lowest BCUT2D eigenvalue weighted by Crippen LogP contribution is -2.30. The van der Waals surface area contributed by atoms with Crippen molar-refractivity contribution in [1.29, 1.82) is 0 Å². The Morgan fingerprint density at radius 2 is 1.74 bits per heavy atom. The van der Waals surface area contributed by atoms with Crippen LogP contribution in [0.5, 0.6) is 11.5 Å². The topological polar surface area (TPSA) is 51.1 Å². The molecule has 0 N–H and O–H groups in total. The van der Waals surface area contributed by atoms with Crippen LogP contribution in [-0.2, 0) is 4.79 Å². The van der Waals surface area contributed by atoms with Gasteiger partial charge in [-0.05, 0) is 35.9 Å². The summed E-state index contributed by atoms with van der Waals surface area (Å²) < 4.78 is 10.5.